The van der Waals surface area contributed by atoms with Gasteiger partial charge in [0.1, 0.15) is 0 Å². The Balaban J connectivity index is 3.58. The van der Waals surface area contributed by atoms with E-state index in [2.05, 4.69) is 0 Å². The van der Waals surface area contributed by atoms with E-state index < -0.39 is 30.5 Å². The Labute approximate surface area is 153 Å². The van der Waals surface area contributed by atoms with Crippen LogP contribution in [-0.4, -0.2) is 62.6 Å². The molecule has 10 heteroatoms. The zero-order valence-electron chi connectivity index (χ0n) is 15.6. The summed E-state index contributed by atoms with van der Waals surface area (Å²) in [6, 6.07) is 0. The van der Waals surface area contributed by atoms with Crippen molar-refractivity contribution >= 4 is 21.0 Å². The Kier molecular flexibility index (Phi) is 10.4. The number of ether oxygens (including phenoxy) is 2. The van der Waals surface area contributed by atoms with Crippen LogP contribution >= 0.6 is 10.9 Å². The molecular formula is C15H34O8S2. The van der Waals surface area contributed by atoms with Gasteiger partial charge in [0.2, 0.25) is 0 Å². The summed E-state index contributed by atoms with van der Waals surface area (Å²) in [5.41, 5.74) is 0. The van der Waals surface area contributed by atoms with E-state index >= 15 is 0 Å². The minimum atomic E-state index is -4.05. The molecule has 0 aromatic carbocycles. The van der Waals surface area contributed by atoms with E-state index in [0.29, 0.717) is 58.5 Å². The standard InChI is InChI=1S/C15H34O8S2/c1-14(2,24(16,17)18)8-5-10-22-12-7-13-23-11-6-9-15(3,4)25(19,20)21/h16-18H,5-13H2,1-4H3,(H,19,20,21). The molecule has 0 spiro atoms. The molecule has 0 atom stereocenters. The average Bonchev–Trinajstić information content (AvgIpc) is 2.42. The Hall–Kier alpha value is 0.0600. The molecule has 154 valence electrons. The van der Waals surface area contributed by atoms with Crippen molar-refractivity contribution in [2.75, 3.05) is 26.4 Å². The molecule has 0 amide bonds. The predicted octanol–water partition coefficient (Wildman–Crippen LogP) is 3.64. The van der Waals surface area contributed by atoms with Gasteiger partial charge in [-0.15, -0.1) is 0 Å². The van der Waals surface area contributed by atoms with Crippen molar-refractivity contribution in [3.63, 3.8) is 0 Å². The van der Waals surface area contributed by atoms with Gasteiger partial charge in [-0.25, -0.2) is 0 Å². The molecule has 4 N–H and O–H groups in total. The Morgan fingerprint density at radius 1 is 0.680 bits per heavy atom. The highest BCUT2D eigenvalue weighted by molar-refractivity contribution is 8.20. The average molecular weight is 407 g/mol. The van der Waals surface area contributed by atoms with Crippen LogP contribution in [0.1, 0.15) is 59.8 Å². The Morgan fingerprint density at radius 3 is 1.40 bits per heavy atom. The molecule has 0 radical (unpaired) electrons. The van der Waals surface area contributed by atoms with Crippen molar-refractivity contribution < 1.29 is 36.1 Å². The number of hydrogen-bond donors (Lipinski definition) is 4. The first-order chi connectivity index (χ1) is 11.2. The zero-order valence-corrected chi connectivity index (χ0v) is 17.2. The number of rotatable bonds is 14. The van der Waals surface area contributed by atoms with Crippen LogP contribution in [0.5, 0.6) is 0 Å². The molecule has 0 fully saturated rings. The maximum atomic E-state index is 11.1. The van der Waals surface area contributed by atoms with E-state index in [-0.39, 0.29) is 0 Å². The Bertz CT molecular complexity index is 468. The van der Waals surface area contributed by atoms with Crippen LogP contribution in [0.15, 0.2) is 0 Å². The summed E-state index contributed by atoms with van der Waals surface area (Å²) < 4.78 is 67.8. The van der Waals surface area contributed by atoms with E-state index in [0.717, 1.165) is 0 Å². The molecule has 0 unspecified atom stereocenters. The Morgan fingerprint density at radius 2 is 1.04 bits per heavy atom. The second-order valence-electron chi connectivity index (χ2n) is 7.30. The zero-order chi connectivity index (χ0) is 19.8. The van der Waals surface area contributed by atoms with E-state index in [1.807, 2.05) is 0 Å². The van der Waals surface area contributed by atoms with Crippen LogP contribution in [-0.2, 0) is 19.6 Å². The van der Waals surface area contributed by atoms with Gasteiger partial charge in [0, 0.05) is 26.4 Å². The summed E-state index contributed by atoms with van der Waals surface area (Å²) in [7, 11) is -7.61. The molecule has 0 aliphatic heterocycles. The van der Waals surface area contributed by atoms with Crippen molar-refractivity contribution in [2.24, 2.45) is 0 Å². The van der Waals surface area contributed by atoms with Crippen molar-refractivity contribution in [3.8, 4) is 0 Å². The lowest BCUT2D eigenvalue weighted by Crippen LogP contribution is -2.31. The van der Waals surface area contributed by atoms with E-state index in [1.165, 1.54) is 13.8 Å². The molecule has 0 aliphatic rings. The van der Waals surface area contributed by atoms with Gasteiger partial charge in [0.05, 0.1) is 20.4 Å². The van der Waals surface area contributed by atoms with Crippen molar-refractivity contribution in [1.29, 1.82) is 0 Å². The summed E-state index contributed by atoms with van der Waals surface area (Å²) in [5, 5.41) is 0. The molecule has 0 saturated carbocycles. The first kappa shape index (κ1) is 25.1. The van der Waals surface area contributed by atoms with Crippen LogP contribution < -0.4 is 0 Å². The minimum absolute atomic E-state index is 0.322. The van der Waals surface area contributed by atoms with Gasteiger partial charge in [-0.05, 0) is 59.8 Å². The highest BCUT2D eigenvalue weighted by Crippen LogP contribution is 2.50. The van der Waals surface area contributed by atoms with Gasteiger partial charge < -0.3 is 23.1 Å². The van der Waals surface area contributed by atoms with Crippen LogP contribution in [0.25, 0.3) is 0 Å². The highest BCUT2D eigenvalue weighted by Gasteiger charge is 2.35. The molecule has 0 bridgehead atoms. The lowest BCUT2D eigenvalue weighted by Gasteiger charge is -2.37. The monoisotopic (exact) mass is 406 g/mol. The normalized spacial score (nSPS) is 14.7. The molecule has 25 heavy (non-hydrogen) atoms. The molecular weight excluding hydrogens is 372 g/mol. The molecule has 0 aliphatic carbocycles. The van der Waals surface area contributed by atoms with Gasteiger partial charge in [0.15, 0.2) is 0 Å². The second-order valence-corrected chi connectivity index (χ2v) is 11.5. The maximum Gasteiger partial charge on any atom is 0.270 e. The van der Waals surface area contributed by atoms with Crippen LogP contribution in [0.3, 0.4) is 0 Å². The SMILES string of the molecule is CC(C)(CCCOCCCOCCCC(C)(C)S(=O)(=O)O)S(O)(O)O. The maximum absolute atomic E-state index is 11.1. The largest absolute Gasteiger partial charge is 0.381 e. The van der Waals surface area contributed by atoms with E-state index in [4.69, 9.17) is 14.0 Å². The molecule has 8 nitrogen and oxygen atoms in total. The van der Waals surface area contributed by atoms with Crippen molar-refractivity contribution in [3.05, 3.63) is 0 Å². The fourth-order valence-corrected chi connectivity index (χ4v) is 2.75. The lowest BCUT2D eigenvalue weighted by molar-refractivity contribution is 0.0783. The topological polar surface area (TPSA) is 134 Å². The van der Waals surface area contributed by atoms with Crippen molar-refractivity contribution in [2.45, 2.75) is 69.3 Å². The lowest BCUT2D eigenvalue weighted by atomic mass is 10.1. The van der Waals surface area contributed by atoms with Gasteiger partial charge >= 0.3 is 0 Å². The number of hydrogen-bond acceptors (Lipinski definition) is 7. The third kappa shape index (κ3) is 10.1. The predicted molar refractivity (Wildman–Crippen MR) is 99.9 cm³/mol. The third-order valence-corrected chi connectivity index (χ3v) is 7.44. The van der Waals surface area contributed by atoms with Crippen LogP contribution in [0.4, 0.5) is 0 Å². The first-order valence-corrected chi connectivity index (χ1v) is 11.3. The summed E-state index contributed by atoms with van der Waals surface area (Å²) >= 11 is 0. The highest BCUT2D eigenvalue weighted by atomic mass is 32.3. The van der Waals surface area contributed by atoms with Gasteiger partial charge in [-0.3, -0.25) is 4.55 Å². The second kappa shape index (κ2) is 10.4. The van der Waals surface area contributed by atoms with Crippen LogP contribution in [0.2, 0.25) is 0 Å². The molecule has 0 aromatic rings. The fraction of sp³-hybridized carbons (Fsp3) is 1.00. The first-order valence-electron chi connectivity index (χ1n) is 8.33. The third-order valence-electron chi connectivity index (χ3n) is 4.15. The summed E-state index contributed by atoms with van der Waals surface area (Å²) in [4.78, 5) is 0. The summed E-state index contributed by atoms with van der Waals surface area (Å²) in [6.45, 7) is 8.03. The quantitative estimate of drug-likeness (QED) is 0.254. The molecule has 0 heterocycles. The van der Waals surface area contributed by atoms with E-state index in [9.17, 15) is 22.1 Å². The molecule has 0 rings (SSSR count). The van der Waals surface area contributed by atoms with Gasteiger partial charge in [-0.2, -0.15) is 8.42 Å². The van der Waals surface area contributed by atoms with Crippen LogP contribution in [0, 0.1) is 0 Å². The van der Waals surface area contributed by atoms with E-state index in [1.54, 1.807) is 13.8 Å². The summed E-state index contributed by atoms with van der Waals surface area (Å²) in [6.07, 6.45) is 2.60. The summed E-state index contributed by atoms with van der Waals surface area (Å²) in [5.74, 6) is 0. The van der Waals surface area contributed by atoms with Crippen molar-refractivity contribution in [1.82, 2.24) is 0 Å². The molecule has 0 saturated heterocycles. The fourth-order valence-electron chi connectivity index (χ4n) is 1.93. The minimum Gasteiger partial charge on any atom is -0.381 e. The smallest absolute Gasteiger partial charge is 0.270 e. The molecule has 0 aromatic heterocycles. The van der Waals surface area contributed by atoms with Gasteiger partial charge in [0.25, 0.3) is 10.1 Å². The van der Waals surface area contributed by atoms with Gasteiger partial charge in [-0.1, -0.05) is 0 Å².